The predicted octanol–water partition coefficient (Wildman–Crippen LogP) is 3.13. The van der Waals surface area contributed by atoms with E-state index in [-0.39, 0.29) is 0 Å². The topological polar surface area (TPSA) is 15.3 Å². The molecule has 0 aliphatic carbocycles. The van der Waals surface area contributed by atoms with Gasteiger partial charge in [-0.15, -0.1) is 0 Å². The minimum atomic E-state index is 0.696. The van der Waals surface area contributed by atoms with Crippen LogP contribution >= 0.6 is 15.9 Å². The lowest BCUT2D eigenvalue weighted by atomic mass is 10.1. The van der Waals surface area contributed by atoms with E-state index in [0.717, 1.165) is 17.6 Å². The maximum Gasteiger partial charge on any atom is 0.0508 e. The summed E-state index contributed by atoms with van der Waals surface area (Å²) in [6, 6.07) is 8.36. The van der Waals surface area contributed by atoms with Crippen molar-refractivity contribution in [2.45, 2.75) is 13.3 Å². The summed E-state index contributed by atoms with van der Waals surface area (Å²) in [7, 11) is 4.17. The molecule has 1 unspecified atom stereocenters. The van der Waals surface area contributed by atoms with E-state index in [1.165, 1.54) is 12.1 Å². The molecule has 1 atom stereocenters. The highest BCUT2D eigenvalue weighted by Crippen LogP contribution is 2.25. The van der Waals surface area contributed by atoms with Gasteiger partial charge in [0.25, 0.3) is 0 Å². The number of nitrogens with one attached hydrogen (secondary N) is 1. The molecule has 0 aliphatic heterocycles. The maximum atomic E-state index is 3.59. The average molecular weight is 285 g/mol. The van der Waals surface area contributed by atoms with Gasteiger partial charge >= 0.3 is 0 Å². The highest BCUT2D eigenvalue weighted by molar-refractivity contribution is 9.10. The Labute approximate surface area is 107 Å². The fraction of sp³-hybridized carbons (Fsp3) is 0.538. The third-order valence-corrected chi connectivity index (χ3v) is 3.54. The van der Waals surface area contributed by atoms with Crippen molar-refractivity contribution < 1.29 is 0 Å². The van der Waals surface area contributed by atoms with Crippen molar-refractivity contribution >= 4 is 21.6 Å². The molecular formula is C13H21BrN2. The fourth-order valence-corrected chi connectivity index (χ4v) is 2.46. The first-order valence-corrected chi connectivity index (χ1v) is 6.58. The van der Waals surface area contributed by atoms with Crippen LogP contribution in [-0.4, -0.2) is 27.2 Å². The number of anilines is 1. The number of hydrogen-bond donors (Lipinski definition) is 1. The summed E-state index contributed by atoms with van der Waals surface area (Å²) < 4.78 is 1.16. The normalized spacial score (nSPS) is 12.5. The molecule has 0 heterocycles. The molecular weight excluding hydrogens is 264 g/mol. The van der Waals surface area contributed by atoms with E-state index in [9.17, 15) is 0 Å². The van der Waals surface area contributed by atoms with Crippen molar-refractivity contribution in [2.24, 2.45) is 5.92 Å². The molecule has 1 aromatic carbocycles. The van der Waals surface area contributed by atoms with Crippen LogP contribution in [0.2, 0.25) is 0 Å². The zero-order valence-electron chi connectivity index (χ0n) is 10.3. The van der Waals surface area contributed by atoms with Gasteiger partial charge in [0.2, 0.25) is 0 Å². The minimum Gasteiger partial charge on any atom is -0.373 e. The molecule has 0 spiro atoms. The Morgan fingerprint density at radius 2 is 2.06 bits per heavy atom. The fourth-order valence-electron chi connectivity index (χ4n) is 1.87. The first kappa shape index (κ1) is 13.5. The second-order valence-electron chi connectivity index (χ2n) is 4.16. The minimum absolute atomic E-state index is 0.696. The summed E-state index contributed by atoms with van der Waals surface area (Å²) in [4.78, 5) is 2.32. The Bertz CT molecular complexity index is 315. The summed E-state index contributed by atoms with van der Waals surface area (Å²) in [6.45, 7) is 4.40. The Morgan fingerprint density at radius 1 is 1.38 bits per heavy atom. The average Bonchev–Trinajstić information content (AvgIpc) is 2.28. The number of hydrogen-bond acceptors (Lipinski definition) is 2. The molecule has 0 amide bonds. The van der Waals surface area contributed by atoms with Crippen molar-refractivity contribution in [1.82, 2.24) is 5.32 Å². The van der Waals surface area contributed by atoms with E-state index in [1.54, 1.807) is 0 Å². The first-order chi connectivity index (χ1) is 7.69. The molecule has 0 fully saturated rings. The van der Waals surface area contributed by atoms with Crippen LogP contribution < -0.4 is 10.2 Å². The molecule has 0 aliphatic rings. The molecule has 16 heavy (non-hydrogen) atoms. The molecule has 1 N–H and O–H groups in total. The summed E-state index contributed by atoms with van der Waals surface area (Å²) in [6.07, 6.45) is 1.20. The van der Waals surface area contributed by atoms with E-state index in [1.807, 2.05) is 13.1 Å². The molecule has 0 saturated heterocycles. The van der Waals surface area contributed by atoms with Crippen molar-refractivity contribution in [2.75, 3.05) is 32.1 Å². The predicted molar refractivity (Wildman–Crippen MR) is 75.1 cm³/mol. The van der Waals surface area contributed by atoms with Crippen LogP contribution in [0.1, 0.15) is 13.3 Å². The first-order valence-electron chi connectivity index (χ1n) is 5.79. The summed E-state index contributed by atoms with van der Waals surface area (Å²) in [5, 5.41) is 3.25. The molecule has 2 nitrogen and oxygen atoms in total. The van der Waals surface area contributed by atoms with Gasteiger partial charge in [0.1, 0.15) is 0 Å². The zero-order chi connectivity index (χ0) is 12.0. The van der Waals surface area contributed by atoms with Gasteiger partial charge in [0, 0.05) is 18.1 Å². The second-order valence-corrected chi connectivity index (χ2v) is 5.02. The lowest BCUT2D eigenvalue weighted by molar-refractivity contribution is 0.484. The van der Waals surface area contributed by atoms with Crippen molar-refractivity contribution in [3.8, 4) is 0 Å². The number of rotatable bonds is 6. The Hall–Kier alpha value is -0.540. The Balaban J connectivity index is 2.64. The van der Waals surface area contributed by atoms with E-state index < -0.39 is 0 Å². The van der Waals surface area contributed by atoms with Gasteiger partial charge in [-0.05, 0) is 47.6 Å². The summed E-state index contributed by atoms with van der Waals surface area (Å²) in [5.74, 6) is 0.696. The number of nitrogens with zero attached hydrogens (tertiary/aromatic N) is 1. The maximum absolute atomic E-state index is 3.59. The highest BCUT2D eigenvalue weighted by atomic mass is 79.9. The van der Waals surface area contributed by atoms with Crippen LogP contribution in [-0.2, 0) is 0 Å². The van der Waals surface area contributed by atoms with E-state index >= 15 is 0 Å². The zero-order valence-corrected chi connectivity index (χ0v) is 11.9. The lowest BCUT2D eigenvalue weighted by Gasteiger charge is -2.25. The Kier molecular flexibility index (Phi) is 5.85. The quantitative estimate of drug-likeness (QED) is 0.864. The standard InChI is InChI=1S/C13H21BrN2/c1-4-11(9-15-2)10-16(3)13-8-6-5-7-12(13)14/h5-8,11,15H,4,9-10H2,1-3H3. The molecule has 0 bridgehead atoms. The van der Waals surface area contributed by atoms with E-state index in [0.29, 0.717) is 5.92 Å². The summed E-state index contributed by atoms with van der Waals surface area (Å²) in [5.41, 5.74) is 1.26. The van der Waals surface area contributed by atoms with Crippen LogP contribution in [0.25, 0.3) is 0 Å². The number of halogens is 1. The smallest absolute Gasteiger partial charge is 0.0508 e. The van der Waals surface area contributed by atoms with E-state index in [2.05, 4.69) is 58.3 Å². The van der Waals surface area contributed by atoms with Gasteiger partial charge in [-0.2, -0.15) is 0 Å². The van der Waals surface area contributed by atoms with Crippen molar-refractivity contribution in [3.05, 3.63) is 28.7 Å². The van der Waals surface area contributed by atoms with Gasteiger partial charge in [0.05, 0.1) is 5.69 Å². The Morgan fingerprint density at radius 3 is 2.62 bits per heavy atom. The monoisotopic (exact) mass is 284 g/mol. The molecule has 1 aromatic rings. The van der Waals surface area contributed by atoms with Crippen molar-refractivity contribution in [3.63, 3.8) is 0 Å². The highest BCUT2D eigenvalue weighted by Gasteiger charge is 2.11. The van der Waals surface area contributed by atoms with Gasteiger partial charge in [-0.3, -0.25) is 0 Å². The second kappa shape index (κ2) is 6.92. The van der Waals surface area contributed by atoms with Crippen LogP contribution in [0.5, 0.6) is 0 Å². The molecule has 3 heteroatoms. The largest absolute Gasteiger partial charge is 0.373 e. The molecule has 0 saturated carbocycles. The molecule has 90 valence electrons. The van der Waals surface area contributed by atoms with Gasteiger partial charge in [-0.25, -0.2) is 0 Å². The molecule has 0 radical (unpaired) electrons. The molecule has 0 aromatic heterocycles. The van der Waals surface area contributed by atoms with Crippen LogP contribution in [0.3, 0.4) is 0 Å². The number of para-hydroxylation sites is 1. The molecule has 1 rings (SSSR count). The van der Waals surface area contributed by atoms with Gasteiger partial charge in [0.15, 0.2) is 0 Å². The van der Waals surface area contributed by atoms with Gasteiger partial charge < -0.3 is 10.2 Å². The third-order valence-electron chi connectivity index (χ3n) is 2.87. The third kappa shape index (κ3) is 3.80. The summed E-state index contributed by atoms with van der Waals surface area (Å²) >= 11 is 3.59. The van der Waals surface area contributed by atoms with Crippen molar-refractivity contribution in [1.29, 1.82) is 0 Å². The van der Waals surface area contributed by atoms with Crippen LogP contribution in [0.4, 0.5) is 5.69 Å². The lowest BCUT2D eigenvalue weighted by Crippen LogP contribution is -2.31. The van der Waals surface area contributed by atoms with Crippen LogP contribution in [0, 0.1) is 5.92 Å². The number of benzene rings is 1. The van der Waals surface area contributed by atoms with Gasteiger partial charge in [-0.1, -0.05) is 25.5 Å². The van der Waals surface area contributed by atoms with E-state index in [4.69, 9.17) is 0 Å². The van der Waals surface area contributed by atoms with Crippen LogP contribution in [0.15, 0.2) is 28.7 Å². The SMILES string of the molecule is CCC(CNC)CN(C)c1ccccc1Br.